The van der Waals surface area contributed by atoms with Gasteiger partial charge in [0.2, 0.25) is 0 Å². The van der Waals surface area contributed by atoms with Gasteiger partial charge in [-0.05, 0) is 25.9 Å². The van der Waals surface area contributed by atoms with Crippen LogP contribution in [0, 0.1) is 10.8 Å². The van der Waals surface area contributed by atoms with Gasteiger partial charge in [-0.25, -0.2) is 0 Å². The summed E-state index contributed by atoms with van der Waals surface area (Å²) >= 11 is 0. The van der Waals surface area contributed by atoms with Crippen molar-refractivity contribution in [3.63, 3.8) is 0 Å². The molecule has 3 N–H and O–H groups in total. The molecule has 0 amide bonds. The van der Waals surface area contributed by atoms with Gasteiger partial charge >= 0.3 is 0 Å². The van der Waals surface area contributed by atoms with E-state index in [-0.39, 0.29) is 5.41 Å². The number of nitrogens with zero attached hydrogens (tertiary/aromatic N) is 1. The molecule has 18 heavy (non-hydrogen) atoms. The predicted molar refractivity (Wildman–Crippen MR) is 72.3 cm³/mol. The van der Waals surface area contributed by atoms with Crippen LogP contribution in [0.15, 0.2) is 18.5 Å². The van der Waals surface area contributed by atoms with Crippen LogP contribution < -0.4 is 15.4 Å². The predicted octanol–water partition coefficient (Wildman–Crippen LogP) is 1.87. The molecule has 5 nitrogen and oxygen atoms in total. The van der Waals surface area contributed by atoms with Crippen LogP contribution in [0.3, 0.4) is 0 Å². The zero-order chi connectivity index (χ0) is 13.0. The number of piperidine rings is 1. The summed E-state index contributed by atoms with van der Waals surface area (Å²) in [6.45, 7) is 4.07. The van der Waals surface area contributed by atoms with E-state index in [1.54, 1.807) is 19.5 Å². The minimum Gasteiger partial charge on any atom is -0.495 e. The second kappa shape index (κ2) is 5.35. The largest absolute Gasteiger partial charge is 0.495 e. The SMILES string of the molecule is COc1cncc(NC(=N)C2(C)CCNCC2)c1. The highest BCUT2D eigenvalue weighted by atomic mass is 16.5. The molecule has 5 heteroatoms. The van der Waals surface area contributed by atoms with Gasteiger partial charge in [0.1, 0.15) is 11.6 Å². The smallest absolute Gasteiger partial charge is 0.139 e. The fourth-order valence-electron chi connectivity index (χ4n) is 2.12. The zero-order valence-electron chi connectivity index (χ0n) is 10.9. The van der Waals surface area contributed by atoms with Crippen molar-refractivity contribution in [3.8, 4) is 5.75 Å². The second-order valence-corrected chi connectivity index (χ2v) is 4.92. The normalized spacial score (nSPS) is 18.1. The Hall–Kier alpha value is -1.62. The quantitative estimate of drug-likeness (QED) is 0.564. The molecule has 2 heterocycles. The molecule has 0 aromatic carbocycles. The summed E-state index contributed by atoms with van der Waals surface area (Å²) in [5.41, 5.74) is 0.730. The lowest BCUT2D eigenvalue weighted by molar-refractivity contribution is 0.326. The Morgan fingerprint density at radius 1 is 1.44 bits per heavy atom. The molecule has 1 aliphatic rings. The standard InChI is InChI=1S/C13H20N4O/c1-13(3-5-15-6-4-13)12(14)17-10-7-11(18-2)9-16-8-10/h7-9,15H,3-6H2,1-2H3,(H2,14,17). The summed E-state index contributed by atoms with van der Waals surface area (Å²) in [4.78, 5) is 4.08. The van der Waals surface area contributed by atoms with Crippen molar-refractivity contribution in [1.82, 2.24) is 10.3 Å². The monoisotopic (exact) mass is 248 g/mol. The number of ether oxygens (including phenoxy) is 1. The first-order valence-electron chi connectivity index (χ1n) is 6.20. The first kappa shape index (κ1) is 12.8. The van der Waals surface area contributed by atoms with E-state index in [1.165, 1.54) is 0 Å². The minimum atomic E-state index is -0.0751. The van der Waals surface area contributed by atoms with Crippen LogP contribution in [0.4, 0.5) is 5.69 Å². The van der Waals surface area contributed by atoms with E-state index in [4.69, 9.17) is 10.1 Å². The molecule has 0 spiro atoms. The Labute approximate surface area is 107 Å². The number of hydrogen-bond acceptors (Lipinski definition) is 4. The van der Waals surface area contributed by atoms with Crippen molar-refractivity contribution >= 4 is 11.5 Å². The van der Waals surface area contributed by atoms with Crippen molar-refractivity contribution in [2.24, 2.45) is 5.41 Å². The molecule has 2 rings (SSSR count). The third kappa shape index (κ3) is 2.79. The molecule has 0 unspecified atom stereocenters. The number of methoxy groups -OCH3 is 1. The Morgan fingerprint density at radius 2 is 2.17 bits per heavy atom. The minimum absolute atomic E-state index is 0.0751. The Balaban J connectivity index is 2.05. The van der Waals surface area contributed by atoms with E-state index in [0.29, 0.717) is 11.6 Å². The van der Waals surface area contributed by atoms with E-state index in [1.807, 2.05) is 6.07 Å². The Kier molecular flexibility index (Phi) is 3.81. The summed E-state index contributed by atoms with van der Waals surface area (Å²) in [6, 6.07) is 1.85. The van der Waals surface area contributed by atoms with E-state index in [0.717, 1.165) is 31.6 Å². The molecule has 1 aromatic rings. The lowest BCUT2D eigenvalue weighted by atomic mass is 9.79. The highest BCUT2D eigenvalue weighted by Crippen LogP contribution is 2.30. The summed E-state index contributed by atoms with van der Waals surface area (Å²) in [5, 5.41) is 14.7. The van der Waals surface area contributed by atoms with Gasteiger partial charge in [0.25, 0.3) is 0 Å². The van der Waals surface area contributed by atoms with Crippen molar-refractivity contribution in [2.75, 3.05) is 25.5 Å². The van der Waals surface area contributed by atoms with Crippen LogP contribution in [-0.2, 0) is 0 Å². The number of hydrogen-bond donors (Lipinski definition) is 3. The summed E-state index contributed by atoms with van der Waals surface area (Å²) in [5.74, 6) is 1.25. The van der Waals surface area contributed by atoms with Gasteiger partial charge in [-0.3, -0.25) is 10.4 Å². The highest BCUT2D eigenvalue weighted by Gasteiger charge is 2.31. The van der Waals surface area contributed by atoms with Crippen LogP contribution >= 0.6 is 0 Å². The van der Waals surface area contributed by atoms with Gasteiger partial charge in [0.05, 0.1) is 25.2 Å². The van der Waals surface area contributed by atoms with Crippen molar-refractivity contribution < 1.29 is 4.74 Å². The van der Waals surface area contributed by atoms with Gasteiger partial charge in [-0.1, -0.05) is 6.92 Å². The van der Waals surface area contributed by atoms with Gasteiger partial charge in [0.15, 0.2) is 0 Å². The van der Waals surface area contributed by atoms with E-state index in [9.17, 15) is 0 Å². The van der Waals surface area contributed by atoms with Gasteiger partial charge < -0.3 is 15.4 Å². The van der Waals surface area contributed by atoms with Gasteiger partial charge in [-0.15, -0.1) is 0 Å². The van der Waals surface area contributed by atoms with Crippen molar-refractivity contribution in [2.45, 2.75) is 19.8 Å². The number of nitrogens with one attached hydrogen (secondary N) is 3. The van der Waals surface area contributed by atoms with Gasteiger partial charge in [0, 0.05) is 11.5 Å². The zero-order valence-corrected chi connectivity index (χ0v) is 10.9. The number of aromatic nitrogens is 1. The molecule has 1 aromatic heterocycles. The third-order valence-electron chi connectivity index (χ3n) is 3.53. The number of rotatable bonds is 3. The van der Waals surface area contributed by atoms with E-state index < -0.39 is 0 Å². The maximum absolute atomic E-state index is 8.24. The molecular weight excluding hydrogens is 228 g/mol. The molecule has 0 saturated carbocycles. The number of anilines is 1. The van der Waals surface area contributed by atoms with E-state index in [2.05, 4.69) is 22.5 Å². The van der Waals surface area contributed by atoms with Crippen molar-refractivity contribution in [3.05, 3.63) is 18.5 Å². The van der Waals surface area contributed by atoms with E-state index >= 15 is 0 Å². The fourth-order valence-corrected chi connectivity index (χ4v) is 2.12. The molecule has 0 aliphatic carbocycles. The topological polar surface area (TPSA) is 70.0 Å². The molecule has 0 bridgehead atoms. The third-order valence-corrected chi connectivity index (χ3v) is 3.53. The van der Waals surface area contributed by atoms with Crippen LogP contribution in [0.2, 0.25) is 0 Å². The molecule has 0 radical (unpaired) electrons. The number of amidine groups is 1. The van der Waals surface area contributed by atoms with Gasteiger partial charge in [-0.2, -0.15) is 0 Å². The van der Waals surface area contributed by atoms with Crippen LogP contribution in [0.1, 0.15) is 19.8 Å². The number of pyridine rings is 1. The van der Waals surface area contributed by atoms with Crippen molar-refractivity contribution in [1.29, 1.82) is 5.41 Å². The highest BCUT2D eigenvalue weighted by molar-refractivity contribution is 5.97. The molecule has 0 atom stereocenters. The Morgan fingerprint density at radius 3 is 2.83 bits per heavy atom. The molecule has 1 fully saturated rings. The van der Waals surface area contributed by atoms with Crippen LogP contribution in [0.5, 0.6) is 5.75 Å². The maximum Gasteiger partial charge on any atom is 0.139 e. The second-order valence-electron chi connectivity index (χ2n) is 4.92. The Bertz CT molecular complexity index is 427. The van der Waals surface area contributed by atoms with Crippen LogP contribution in [0.25, 0.3) is 0 Å². The maximum atomic E-state index is 8.24. The lowest BCUT2D eigenvalue weighted by Crippen LogP contribution is -2.42. The molecule has 1 aliphatic heterocycles. The summed E-state index contributed by atoms with van der Waals surface area (Å²) in [6.07, 6.45) is 5.33. The average molecular weight is 248 g/mol. The lowest BCUT2D eigenvalue weighted by Gasteiger charge is -2.34. The van der Waals surface area contributed by atoms with Crippen LogP contribution in [-0.4, -0.2) is 31.0 Å². The molecule has 98 valence electrons. The summed E-state index contributed by atoms with van der Waals surface area (Å²) in [7, 11) is 1.61. The molecular formula is C13H20N4O. The molecule has 1 saturated heterocycles. The summed E-state index contributed by atoms with van der Waals surface area (Å²) < 4.78 is 5.12. The fraction of sp³-hybridized carbons (Fsp3) is 0.538. The first-order chi connectivity index (χ1) is 8.64. The first-order valence-corrected chi connectivity index (χ1v) is 6.20. The average Bonchev–Trinajstić information content (AvgIpc) is 2.40.